The van der Waals surface area contributed by atoms with E-state index in [0.717, 1.165) is 54.0 Å². The molecule has 28 heavy (non-hydrogen) atoms. The number of nitrogens with zero attached hydrogens (tertiary/aromatic N) is 1. The van der Waals surface area contributed by atoms with Gasteiger partial charge in [0.15, 0.2) is 0 Å². The normalized spacial score (nSPS) is 14.1. The van der Waals surface area contributed by atoms with Crippen molar-refractivity contribution in [3.05, 3.63) is 77.2 Å². The van der Waals surface area contributed by atoms with Crippen LogP contribution >= 0.6 is 0 Å². The van der Waals surface area contributed by atoms with Gasteiger partial charge >= 0.3 is 0 Å². The van der Waals surface area contributed by atoms with Crippen molar-refractivity contribution in [1.29, 1.82) is 0 Å². The Balaban J connectivity index is 2.01. The van der Waals surface area contributed by atoms with Crippen LogP contribution in [0.15, 0.2) is 59.6 Å². The summed E-state index contributed by atoms with van der Waals surface area (Å²) in [6.45, 7) is 0.580. The van der Waals surface area contributed by atoms with E-state index in [9.17, 15) is 12.8 Å². The Morgan fingerprint density at radius 1 is 1.07 bits per heavy atom. The highest BCUT2D eigenvalue weighted by atomic mass is 32.2. The molecule has 0 saturated carbocycles. The zero-order chi connectivity index (χ0) is 19.7. The van der Waals surface area contributed by atoms with E-state index in [2.05, 4.69) is 11.4 Å². The van der Waals surface area contributed by atoms with E-state index in [1.807, 2.05) is 25.2 Å². The third-order valence-electron chi connectivity index (χ3n) is 5.28. The molecule has 0 bridgehead atoms. The third kappa shape index (κ3) is 3.27. The fourth-order valence-electron chi connectivity index (χ4n) is 3.99. The van der Waals surface area contributed by atoms with Gasteiger partial charge in [-0.2, -0.15) is 0 Å². The highest BCUT2D eigenvalue weighted by Crippen LogP contribution is 2.37. The molecule has 4 rings (SSSR count). The van der Waals surface area contributed by atoms with Crippen LogP contribution in [0.1, 0.15) is 29.5 Å². The third-order valence-corrected chi connectivity index (χ3v) is 6.94. The smallest absolute Gasteiger partial charge is 0.268 e. The standard InChI is InChI=1S/C22H23FN2O2S/c1-24-14-17-15-25(28(26,27)19-10-6-9-18(23)13-19)22-20-11-4-2-7-16(20)8-3-5-12-21(17)22/h2,4,6-7,9-11,13,15,24H,3,5,8,12,14H2,1H3. The molecular weight excluding hydrogens is 375 g/mol. The largest absolute Gasteiger partial charge is 0.316 e. The summed E-state index contributed by atoms with van der Waals surface area (Å²) in [5.74, 6) is -0.563. The van der Waals surface area contributed by atoms with E-state index in [1.165, 1.54) is 22.2 Å². The van der Waals surface area contributed by atoms with Gasteiger partial charge in [-0.1, -0.05) is 30.3 Å². The summed E-state index contributed by atoms with van der Waals surface area (Å²) in [5, 5.41) is 3.14. The van der Waals surface area contributed by atoms with Crippen LogP contribution in [-0.4, -0.2) is 19.4 Å². The van der Waals surface area contributed by atoms with E-state index in [0.29, 0.717) is 12.2 Å². The van der Waals surface area contributed by atoms with Gasteiger partial charge in [-0.3, -0.25) is 0 Å². The minimum Gasteiger partial charge on any atom is -0.316 e. The van der Waals surface area contributed by atoms with Gasteiger partial charge in [0.2, 0.25) is 0 Å². The quantitative estimate of drug-likeness (QED) is 0.719. The summed E-state index contributed by atoms with van der Waals surface area (Å²) in [4.78, 5) is -0.0409. The van der Waals surface area contributed by atoms with Gasteiger partial charge in [-0.15, -0.1) is 0 Å². The molecule has 0 amide bonds. The molecule has 1 aromatic heterocycles. The average Bonchev–Trinajstić information content (AvgIpc) is 3.02. The lowest BCUT2D eigenvalue weighted by Gasteiger charge is -2.18. The van der Waals surface area contributed by atoms with Gasteiger partial charge in [-0.05, 0) is 67.6 Å². The van der Waals surface area contributed by atoms with Crippen molar-refractivity contribution in [3.8, 4) is 11.3 Å². The molecule has 146 valence electrons. The highest BCUT2D eigenvalue weighted by Gasteiger charge is 2.28. The first-order valence-corrected chi connectivity index (χ1v) is 10.9. The molecule has 1 heterocycles. The SMILES string of the molecule is CNCc1cn(S(=O)(=O)c2cccc(F)c2)c2c1CCCCc1ccccc1-2. The second kappa shape index (κ2) is 7.53. The van der Waals surface area contributed by atoms with Crippen molar-refractivity contribution >= 4 is 10.0 Å². The number of benzene rings is 2. The molecule has 2 aromatic carbocycles. The number of hydrogen-bond donors (Lipinski definition) is 1. The van der Waals surface area contributed by atoms with Gasteiger partial charge in [-0.25, -0.2) is 16.8 Å². The minimum absolute atomic E-state index is 0.0409. The summed E-state index contributed by atoms with van der Waals surface area (Å²) < 4.78 is 42.0. The highest BCUT2D eigenvalue weighted by molar-refractivity contribution is 7.90. The number of aromatic nitrogens is 1. The zero-order valence-corrected chi connectivity index (χ0v) is 16.6. The summed E-state index contributed by atoms with van der Waals surface area (Å²) in [6.07, 6.45) is 5.51. The lowest BCUT2D eigenvalue weighted by Crippen LogP contribution is -2.15. The van der Waals surface area contributed by atoms with Crippen LogP contribution in [0.4, 0.5) is 4.39 Å². The summed E-state index contributed by atoms with van der Waals surface area (Å²) in [6, 6.07) is 13.2. The molecule has 3 aromatic rings. The fraction of sp³-hybridized carbons (Fsp3) is 0.273. The van der Waals surface area contributed by atoms with E-state index in [-0.39, 0.29) is 4.90 Å². The Morgan fingerprint density at radius 2 is 1.86 bits per heavy atom. The zero-order valence-electron chi connectivity index (χ0n) is 15.8. The molecule has 4 nitrogen and oxygen atoms in total. The predicted molar refractivity (Wildman–Crippen MR) is 108 cm³/mol. The van der Waals surface area contributed by atoms with E-state index in [1.54, 1.807) is 6.20 Å². The van der Waals surface area contributed by atoms with Gasteiger partial charge in [0, 0.05) is 18.3 Å². The molecule has 0 saturated heterocycles. The topological polar surface area (TPSA) is 51.1 Å². The van der Waals surface area contributed by atoms with Crippen LogP contribution in [0, 0.1) is 5.82 Å². The molecular formula is C22H23FN2O2S. The van der Waals surface area contributed by atoms with Crippen LogP contribution in [0.25, 0.3) is 11.3 Å². The molecule has 1 aliphatic rings. The Kier molecular flexibility index (Phi) is 5.08. The Hall–Kier alpha value is -2.44. The van der Waals surface area contributed by atoms with Crippen molar-refractivity contribution in [2.24, 2.45) is 0 Å². The maximum absolute atomic E-state index is 13.8. The second-order valence-corrected chi connectivity index (χ2v) is 8.95. The van der Waals surface area contributed by atoms with Gasteiger partial charge < -0.3 is 5.32 Å². The molecule has 0 spiro atoms. The monoisotopic (exact) mass is 398 g/mol. The molecule has 0 aliphatic heterocycles. The first kappa shape index (κ1) is 18.9. The Morgan fingerprint density at radius 3 is 2.64 bits per heavy atom. The maximum Gasteiger partial charge on any atom is 0.268 e. The van der Waals surface area contributed by atoms with Crippen molar-refractivity contribution < 1.29 is 12.8 Å². The number of rotatable bonds is 4. The van der Waals surface area contributed by atoms with Crippen LogP contribution < -0.4 is 5.32 Å². The summed E-state index contributed by atoms with van der Waals surface area (Å²) >= 11 is 0. The molecule has 0 fully saturated rings. The molecule has 0 unspecified atom stereocenters. The number of fused-ring (bicyclic) bond motifs is 3. The molecule has 0 atom stereocenters. The van der Waals surface area contributed by atoms with Gasteiger partial charge in [0.1, 0.15) is 5.82 Å². The fourth-order valence-corrected chi connectivity index (χ4v) is 5.44. The van der Waals surface area contributed by atoms with Crippen molar-refractivity contribution in [2.45, 2.75) is 37.1 Å². The molecule has 0 radical (unpaired) electrons. The van der Waals surface area contributed by atoms with Gasteiger partial charge in [0.25, 0.3) is 10.0 Å². The average molecular weight is 399 g/mol. The lowest BCUT2D eigenvalue weighted by molar-refractivity contribution is 0.583. The molecule has 1 aliphatic carbocycles. The van der Waals surface area contributed by atoms with Crippen molar-refractivity contribution in [3.63, 3.8) is 0 Å². The maximum atomic E-state index is 13.8. The lowest BCUT2D eigenvalue weighted by atomic mass is 9.91. The van der Waals surface area contributed by atoms with Crippen LogP contribution in [-0.2, 0) is 29.4 Å². The Labute approximate surface area is 165 Å². The van der Waals surface area contributed by atoms with E-state index >= 15 is 0 Å². The number of halogens is 1. The second-order valence-electron chi connectivity index (χ2n) is 7.13. The van der Waals surface area contributed by atoms with E-state index in [4.69, 9.17) is 0 Å². The first-order valence-electron chi connectivity index (χ1n) is 9.49. The minimum atomic E-state index is -3.92. The van der Waals surface area contributed by atoms with Crippen LogP contribution in [0.5, 0.6) is 0 Å². The van der Waals surface area contributed by atoms with Crippen LogP contribution in [0.2, 0.25) is 0 Å². The number of nitrogens with one attached hydrogen (secondary N) is 1. The number of hydrogen-bond acceptors (Lipinski definition) is 3. The first-order chi connectivity index (χ1) is 13.5. The summed E-state index contributed by atoms with van der Waals surface area (Å²) in [7, 11) is -2.07. The van der Waals surface area contributed by atoms with Gasteiger partial charge in [0.05, 0.1) is 10.6 Å². The molecule has 1 N–H and O–H groups in total. The van der Waals surface area contributed by atoms with Crippen molar-refractivity contribution in [2.75, 3.05) is 7.05 Å². The summed E-state index contributed by atoms with van der Waals surface area (Å²) in [5.41, 5.74) is 4.83. The number of aryl methyl sites for hydroxylation is 1. The predicted octanol–water partition coefficient (Wildman–Crippen LogP) is 4.13. The van der Waals surface area contributed by atoms with E-state index < -0.39 is 15.8 Å². The Bertz CT molecular complexity index is 1120. The van der Waals surface area contributed by atoms with Crippen LogP contribution in [0.3, 0.4) is 0 Å². The molecule has 6 heteroatoms. The van der Waals surface area contributed by atoms with Crippen molar-refractivity contribution in [1.82, 2.24) is 9.29 Å².